The first-order valence-electron chi connectivity index (χ1n) is 9.70. The van der Waals surface area contributed by atoms with Crippen molar-refractivity contribution in [1.29, 1.82) is 0 Å². The number of unbranched alkanes of at least 4 members (excludes halogenated alkanes) is 5. The highest BCUT2D eigenvalue weighted by Crippen LogP contribution is 2.38. The second-order valence-electron chi connectivity index (χ2n) is 7.27. The Bertz CT molecular complexity index is 483. The van der Waals surface area contributed by atoms with E-state index in [1.165, 1.54) is 62.5 Å². The number of carbonyl (C=O) groups excluding carboxylic acids is 1. The van der Waals surface area contributed by atoms with Crippen LogP contribution in [0, 0.1) is 5.92 Å². The molecule has 0 heterocycles. The quantitative estimate of drug-likeness (QED) is 0.570. The fraction of sp³-hybridized carbons (Fsp3) is 0.667. The molecule has 2 atom stereocenters. The molecule has 0 bridgehead atoms. The van der Waals surface area contributed by atoms with E-state index in [1.54, 1.807) is 0 Å². The summed E-state index contributed by atoms with van der Waals surface area (Å²) in [6.45, 7) is 2.74. The highest BCUT2D eigenvalue weighted by atomic mass is 16.5. The summed E-state index contributed by atoms with van der Waals surface area (Å²) in [4.78, 5) is 10.7. The maximum absolute atomic E-state index is 10.7. The van der Waals surface area contributed by atoms with E-state index >= 15 is 0 Å². The number of carbonyl (C=O) groups is 1. The number of amides is 1. The second-order valence-corrected chi connectivity index (χ2v) is 7.27. The Morgan fingerprint density at radius 3 is 2.50 bits per heavy atom. The van der Waals surface area contributed by atoms with Crippen molar-refractivity contribution in [3.8, 4) is 0 Å². The largest absolute Gasteiger partial charge is 0.449 e. The first kappa shape index (κ1) is 18.8. The molecule has 1 saturated carbocycles. The van der Waals surface area contributed by atoms with Crippen LogP contribution in [-0.4, -0.2) is 12.7 Å². The van der Waals surface area contributed by atoms with E-state index in [0.29, 0.717) is 18.4 Å². The number of rotatable bonds is 10. The van der Waals surface area contributed by atoms with E-state index in [0.717, 1.165) is 12.8 Å². The molecule has 0 radical (unpaired) electrons. The summed E-state index contributed by atoms with van der Waals surface area (Å²) in [7, 11) is 0. The van der Waals surface area contributed by atoms with Gasteiger partial charge in [0.2, 0.25) is 0 Å². The normalized spacial score (nSPS) is 20.2. The third-order valence-corrected chi connectivity index (χ3v) is 5.27. The molecule has 1 amide bonds. The van der Waals surface area contributed by atoms with Crippen LogP contribution in [0.25, 0.3) is 0 Å². The van der Waals surface area contributed by atoms with Crippen molar-refractivity contribution in [2.75, 3.05) is 6.61 Å². The lowest BCUT2D eigenvalue weighted by atomic mass is 9.94. The van der Waals surface area contributed by atoms with Crippen molar-refractivity contribution in [1.82, 2.24) is 0 Å². The van der Waals surface area contributed by atoms with Gasteiger partial charge in [-0.2, -0.15) is 0 Å². The van der Waals surface area contributed by atoms with Gasteiger partial charge in [0.05, 0.1) is 6.61 Å². The molecular formula is C21H33NO2. The summed E-state index contributed by atoms with van der Waals surface area (Å²) in [5, 5.41) is 0. The molecule has 0 saturated heterocycles. The Balaban J connectivity index is 1.69. The summed E-state index contributed by atoms with van der Waals surface area (Å²) < 4.78 is 4.95. The Labute approximate surface area is 147 Å². The zero-order valence-corrected chi connectivity index (χ0v) is 15.1. The second kappa shape index (κ2) is 10.4. The molecule has 2 N–H and O–H groups in total. The number of hydrogen-bond acceptors (Lipinski definition) is 2. The van der Waals surface area contributed by atoms with Gasteiger partial charge in [-0.05, 0) is 55.1 Å². The van der Waals surface area contributed by atoms with Gasteiger partial charge in [0, 0.05) is 0 Å². The minimum atomic E-state index is -0.655. The van der Waals surface area contributed by atoms with Gasteiger partial charge in [-0.15, -0.1) is 0 Å². The number of nitrogens with two attached hydrogens (primary N) is 1. The van der Waals surface area contributed by atoms with Crippen LogP contribution in [0.2, 0.25) is 0 Å². The van der Waals surface area contributed by atoms with E-state index in [1.807, 2.05) is 0 Å². The summed E-state index contributed by atoms with van der Waals surface area (Å²) in [5.74, 6) is 1.07. The fourth-order valence-corrected chi connectivity index (χ4v) is 3.79. The number of ether oxygens (including phenoxy) is 1. The van der Waals surface area contributed by atoms with E-state index < -0.39 is 6.09 Å². The van der Waals surface area contributed by atoms with E-state index in [9.17, 15) is 4.79 Å². The topological polar surface area (TPSA) is 52.3 Å². The van der Waals surface area contributed by atoms with Crippen LogP contribution < -0.4 is 5.73 Å². The number of primary amides is 1. The fourth-order valence-electron chi connectivity index (χ4n) is 3.79. The van der Waals surface area contributed by atoms with E-state index in [4.69, 9.17) is 10.5 Å². The molecule has 0 spiro atoms. The van der Waals surface area contributed by atoms with Crippen LogP contribution in [0.3, 0.4) is 0 Å². The first-order chi connectivity index (χ1) is 11.7. The molecule has 3 heteroatoms. The lowest BCUT2D eigenvalue weighted by molar-refractivity contribution is 0.137. The molecule has 1 aromatic carbocycles. The maximum Gasteiger partial charge on any atom is 0.404 e. The molecule has 1 aliphatic carbocycles. The predicted molar refractivity (Wildman–Crippen MR) is 99.1 cm³/mol. The number of aryl methyl sites for hydroxylation is 1. The highest BCUT2D eigenvalue weighted by molar-refractivity contribution is 5.64. The Morgan fingerprint density at radius 1 is 1.08 bits per heavy atom. The predicted octanol–water partition coefficient (Wildman–Crippen LogP) is 5.57. The molecule has 2 rings (SSSR count). The van der Waals surface area contributed by atoms with Gasteiger partial charge in [-0.3, -0.25) is 0 Å². The van der Waals surface area contributed by atoms with Crippen molar-refractivity contribution in [3.05, 3.63) is 35.4 Å². The van der Waals surface area contributed by atoms with Crippen LogP contribution in [0.5, 0.6) is 0 Å². The van der Waals surface area contributed by atoms with Crippen molar-refractivity contribution in [2.24, 2.45) is 11.7 Å². The van der Waals surface area contributed by atoms with Gasteiger partial charge in [0.1, 0.15) is 0 Å². The summed E-state index contributed by atoms with van der Waals surface area (Å²) in [5.41, 5.74) is 7.94. The highest BCUT2D eigenvalue weighted by Gasteiger charge is 2.26. The molecule has 1 fully saturated rings. The molecule has 134 valence electrons. The van der Waals surface area contributed by atoms with E-state index in [2.05, 4.69) is 31.2 Å². The molecular weight excluding hydrogens is 298 g/mol. The third kappa shape index (κ3) is 6.54. The van der Waals surface area contributed by atoms with Gasteiger partial charge in [-0.25, -0.2) is 4.79 Å². The zero-order chi connectivity index (χ0) is 17.2. The van der Waals surface area contributed by atoms with Crippen LogP contribution in [0.4, 0.5) is 4.79 Å². The van der Waals surface area contributed by atoms with Crippen LogP contribution in [-0.2, 0) is 11.2 Å². The average Bonchev–Trinajstić information content (AvgIpc) is 3.06. The molecule has 3 nitrogen and oxygen atoms in total. The average molecular weight is 332 g/mol. The Hall–Kier alpha value is -1.51. The molecule has 0 unspecified atom stereocenters. The Kier molecular flexibility index (Phi) is 8.14. The maximum atomic E-state index is 10.7. The van der Waals surface area contributed by atoms with Gasteiger partial charge in [-0.1, -0.05) is 63.3 Å². The minimum Gasteiger partial charge on any atom is -0.449 e. The van der Waals surface area contributed by atoms with Crippen LogP contribution in [0.15, 0.2) is 24.3 Å². The van der Waals surface area contributed by atoms with Crippen LogP contribution in [0.1, 0.15) is 81.8 Å². The molecule has 1 aliphatic rings. The number of benzene rings is 1. The van der Waals surface area contributed by atoms with Crippen LogP contribution >= 0.6 is 0 Å². The van der Waals surface area contributed by atoms with Gasteiger partial charge in [0.15, 0.2) is 0 Å². The van der Waals surface area contributed by atoms with Crippen molar-refractivity contribution in [2.45, 2.75) is 77.0 Å². The van der Waals surface area contributed by atoms with Gasteiger partial charge >= 0.3 is 6.09 Å². The lowest BCUT2D eigenvalue weighted by Crippen LogP contribution is -2.17. The number of hydrogen-bond donors (Lipinski definition) is 1. The summed E-state index contributed by atoms with van der Waals surface area (Å²) >= 11 is 0. The first-order valence-corrected chi connectivity index (χ1v) is 9.70. The minimum absolute atomic E-state index is 0.463. The van der Waals surface area contributed by atoms with Crippen molar-refractivity contribution < 1.29 is 9.53 Å². The lowest BCUT2D eigenvalue weighted by Gasteiger charge is -2.12. The summed E-state index contributed by atoms with van der Waals surface area (Å²) in [6.07, 6.45) is 12.1. The monoisotopic (exact) mass is 331 g/mol. The van der Waals surface area contributed by atoms with Gasteiger partial charge in [0.25, 0.3) is 0 Å². The third-order valence-electron chi connectivity index (χ3n) is 5.27. The molecule has 24 heavy (non-hydrogen) atoms. The zero-order valence-electron chi connectivity index (χ0n) is 15.1. The smallest absolute Gasteiger partial charge is 0.404 e. The molecule has 1 aromatic rings. The van der Waals surface area contributed by atoms with Crippen molar-refractivity contribution in [3.63, 3.8) is 0 Å². The van der Waals surface area contributed by atoms with E-state index in [-0.39, 0.29) is 0 Å². The molecule has 0 aliphatic heterocycles. The van der Waals surface area contributed by atoms with Gasteiger partial charge < -0.3 is 10.5 Å². The Morgan fingerprint density at radius 2 is 1.79 bits per heavy atom. The van der Waals surface area contributed by atoms with Crippen molar-refractivity contribution >= 4 is 6.09 Å². The molecule has 0 aromatic heterocycles. The summed E-state index contributed by atoms with van der Waals surface area (Å²) in [6, 6.07) is 9.20. The SMILES string of the molecule is CCCCCCCCc1ccc([C@H]2CC[C@H](COC(N)=O)C2)cc1. The standard InChI is InChI=1S/C21H33NO2/c1-2-3-4-5-6-7-8-17-9-12-19(13-10-17)20-14-11-18(15-20)16-24-21(22)23/h9-10,12-13,18,20H,2-8,11,14-16H2,1H3,(H2,22,23)/t18-,20-/m0/s1.